The number of H-pyrrole nitrogens is 1. The Bertz CT molecular complexity index is 719. The van der Waals surface area contributed by atoms with Crippen molar-refractivity contribution in [2.24, 2.45) is 5.92 Å². The third-order valence-corrected chi connectivity index (χ3v) is 4.08. The number of hydrogen-bond acceptors (Lipinski definition) is 4. The van der Waals surface area contributed by atoms with Gasteiger partial charge in [0, 0.05) is 11.5 Å². The molecule has 2 aromatic heterocycles. The van der Waals surface area contributed by atoms with Gasteiger partial charge in [-0.1, -0.05) is 0 Å². The van der Waals surface area contributed by atoms with Crippen molar-refractivity contribution in [1.82, 2.24) is 15.3 Å². The summed E-state index contributed by atoms with van der Waals surface area (Å²) in [5.41, 5.74) is 1.49. The Kier molecular flexibility index (Phi) is 4.09. The summed E-state index contributed by atoms with van der Waals surface area (Å²) in [5, 5.41) is 2.90. The highest BCUT2D eigenvalue weighted by Gasteiger charge is 2.24. The quantitative estimate of drug-likeness (QED) is 0.841. The van der Waals surface area contributed by atoms with E-state index in [2.05, 4.69) is 15.3 Å². The van der Waals surface area contributed by atoms with Gasteiger partial charge in [0.1, 0.15) is 11.6 Å². The molecule has 0 spiro atoms. The van der Waals surface area contributed by atoms with Gasteiger partial charge in [-0.2, -0.15) is 0 Å². The van der Waals surface area contributed by atoms with Crippen molar-refractivity contribution in [2.75, 3.05) is 0 Å². The van der Waals surface area contributed by atoms with Gasteiger partial charge in [-0.3, -0.25) is 9.59 Å². The van der Waals surface area contributed by atoms with Gasteiger partial charge in [-0.25, -0.2) is 4.98 Å². The molecule has 6 heteroatoms. The van der Waals surface area contributed by atoms with Gasteiger partial charge in [-0.05, 0) is 44.7 Å². The van der Waals surface area contributed by atoms with Crippen LogP contribution in [0.5, 0.6) is 0 Å². The second kappa shape index (κ2) is 6.17. The minimum atomic E-state index is -0.0936. The van der Waals surface area contributed by atoms with Gasteiger partial charge in [0.05, 0.1) is 18.5 Å². The summed E-state index contributed by atoms with van der Waals surface area (Å²) in [4.78, 5) is 31.4. The van der Waals surface area contributed by atoms with Crippen LogP contribution in [0.3, 0.4) is 0 Å². The molecule has 1 amide bonds. The lowest BCUT2D eigenvalue weighted by atomic mass is 9.99. The van der Waals surface area contributed by atoms with E-state index in [-0.39, 0.29) is 17.4 Å². The monoisotopic (exact) mass is 301 g/mol. The fourth-order valence-corrected chi connectivity index (χ4v) is 2.90. The molecular formula is C16H19N3O3. The van der Waals surface area contributed by atoms with Crippen LogP contribution in [0.1, 0.15) is 35.7 Å². The van der Waals surface area contributed by atoms with Crippen LogP contribution < -0.4 is 10.9 Å². The van der Waals surface area contributed by atoms with Crippen molar-refractivity contribution >= 4 is 5.91 Å². The van der Waals surface area contributed by atoms with Crippen LogP contribution in [0.2, 0.25) is 0 Å². The largest absolute Gasteiger partial charge is 0.467 e. The fraction of sp³-hybridized carbons (Fsp3) is 0.438. The van der Waals surface area contributed by atoms with Crippen LogP contribution >= 0.6 is 0 Å². The Morgan fingerprint density at radius 2 is 2.27 bits per heavy atom. The van der Waals surface area contributed by atoms with Crippen molar-refractivity contribution in [3.63, 3.8) is 0 Å². The third-order valence-electron chi connectivity index (χ3n) is 4.08. The van der Waals surface area contributed by atoms with E-state index in [0.29, 0.717) is 38.1 Å². The molecule has 1 unspecified atom stereocenters. The standard InChI is InChI=1S/C16H19N3O3/c1-10-18-14-7-5-11(4-6-13(14)16(21)19-10)15(20)17-9-12-3-2-8-22-12/h2-3,8,11H,4-7,9H2,1H3,(H,17,20)(H,18,19,21). The lowest BCUT2D eigenvalue weighted by Crippen LogP contribution is -2.30. The molecule has 0 radical (unpaired) electrons. The van der Waals surface area contributed by atoms with E-state index in [0.717, 1.165) is 17.0 Å². The molecule has 1 aliphatic carbocycles. The third kappa shape index (κ3) is 3.10. The second-order valence-electron chi connectivity index (χ2n) is 5.65. The number of aromatic amines is 1. The number of hydrogen-bond donors (Lipinski definition) is 2. The highest BCUT2D eigenvalue weighted by Crippen LogP contribution is 2.21. The summed E-state index contributed by atoms with van der Waals surface area (Å²) < 4.78 is 5.21. The van der Waals surface area contributed by atoms with Crippen LogP contribution in [-0.4, -0.2) is 15.9 Å². The Morgan fingerprint density at radius 1 is 1.45 bits per heavy atom. The van der Waals surface area contributed by atoms with Gasteiger partial charge in [0.2, 0.25) is 5.91 Å². The molecule has 1 atom stereocenters. The minimum absolute atomic E-state index is 0.0114. The van der Waals surface area contributed by atoms with E-state index >= 15 is 0 Å². The number of amides is 1. The van der Waals surface area contributed by atoms with Crippen molar-refractivity contribution in [2.45, 2.75) is 39.2 Å². The van der Waals surface area contributed by atoms with Crippen LogP contribution in [0.4, 0.5) is 0 Å². The van der Waals surface area contributed by atoms with E-state index in [4.69, 9.17) is 4.42 Å². The zero-order chi connectivity index (χ0) is 15.5. The average molecular weight is 301 g/mol. The molecule has 0 saturated carbocycles. The molecule has 0 bridgehead atoms. The molecule has 2 aromatic rings. The first-order valence-corrected chi connectivity index (χ1v) is 7.52. The van der Waals surface area contributed by atoms with Crippen LogP contribution in [-0.2, 0) is 24.2 Å². The number of fused-ring (bicyclic) bond motifs is 1. The lowest BCUT2D eigenvalue weighted by molar-refractivity contribution is -0.125. The van der Waals surface area contributed by atoms with E-state index in [1.54, 1.807) is 19.3 Å². The molecule has 1 aliphatic rings. The van der Waals surface area contributed by atoms with Gasteiger partial charge in [-0.15, -0.1) is 0 Å². The number of furan rings is 1. The van der Waals surface area contributed by atoms with Gasteiger partial charge < -0.3 is 14.7 Å². The van der Waals surface area contributed by atoms with E-state index in [9.17, 15) is 9.59 Å². The Hall–Kier alpha value is -2.37. The van der Waals surface area contributed by atoms with Crippen LogP contribution in [0.15, 0.2) is 27.6 Å². The van der Waals surface area contributed by atoms with Crippen LogP contribution in [0.25, 0.3) is 0 Å². The molecule has 0 fully saturated rings. The molecule has 0 aromatic carbocycles. The highest BCUT2D eigenvalue weighted by atomic mass is 16.3. The maximum atomic E-state index is 12.3. The SMILES string of the molecule is Cc1nc2c(c(=O)[nH]1)CCC(C(=O)NCc1ccco1)CC2. The van der Waals surface area contributed by atoms with E-state index < -0.39 is 0 Å². The van der Waals surface area contributed by atoms with Crippen molar-refractivity contribution in [3.05, 3.63) is 51.6 Å². The highest BCUT2D eigenvalue weighted by molar-refractivity contribution is 5.78. The molecule has 3 rings (SSSR count). The predicted octanol–water partition coefficient (Wildman–Crippen LogP) is 1.48. The molecular weight excluding hydrogens is 282 g/mol. The number of rotatable bonds is 3. The van der Waals surface area contributed by atoms with Gasteiger partial charge in [0.25, 0.3) is 5.56 Å². The summed E-state index contributed by atoms with van der Waals surface area (Å²) in [5.74, 6) is 1.28. The van der Waals surface area contributed by atoms with Crippen molar-refractivity contribution in [1.29, 1.82) is 0 Å². The molecule has 0 aliphatic heterocycles. The molecule has 0 saturated heterocycles. The number of carbonyl (C=O) groups excluding carboxylic acids is 1. The Labute approximate surface area is 128 Å². The predicted molar refractivity (Wildman–Crippen MR) is 80.3 cm³/mol. The van der Waals surface area contributed by atoms with Crippen LogP contribution in [0, 0.1) is 12.8 Å². The smallest absolute Gasteiger partial charge is 0.254 e. The first-order chi connectivity index (χ1) is 10.6. The number of nitrogens with one attached hydrogen (secondary N) is 2. The number of carbonyl (C=O) groups is 1. The zero-order valence-corrected chi connectivity index (χ0v) is 12.5. The lowest BCUT2D eigenvalue weighted by Gasteiger charge is -2.13. The van der Waals surface area contributed by atoms with Crippen molar-refractivity contribution in [3.8, 4) is 0 Å². The second-order valence-corrected chi connectivity index (χ2v) is 5.65. The minimum Gasteiger partial charge on any atom is -0.467 e. The summed E-state index contributed by atoms with van der Waals surface area (Å²) >= 11 is 0. The molecule has 6 nitrogen and oxygen atoms in total. The summed E-state index contributed by atoms with van der Waals surface area (Å²) in [7, 11) is 0. The van der Waals surface area contributed by atoms with Gasteiger partial charge >= 0.3 is 0 Å². The average Bonchev–Trinajstić information content (AvgIpc) is 2.91. The van der Waals surface area contributed by atoms with E-state index in [1.807, 2.05) is 6.07 Å². The fourth-order valence-electron chi connectivity index (χ4n) is 2.90. The first kappa shape index (κ1) is 14.6. The maximum absolute atomic E-state index is 12.3. The zero-order valence-electron chi connectivity index (χ0n) is 12.5. The van der Waals surface area contributed by atoms with Crippen molar-refractivity contribution < 1.29 is 9.21 Å². The number of nitrogens with zero attached hydrogens (tertiary/aromatic N) is 1. The molecule has 2 heterocycles. The first-order valence-electron chi connectivity index (χ1n) is 7.52. The molecule has 22 heavy (non-hydrogen) atoms. The normalized spacial score (nSPS) is 17.6. The number of aryl methyl sites for hydroxylation is 2. The molecule has 116 valence electrons. The number of aromatic nitrogens is 2. The Morgan fingerprint density at radius 3 is 3.05 bits per heavy atom. The van der Waals surface area contributed by atoms with Gasteiger partial charge in [0.15, 0.2) is 0 Å². The molecule has 2 N–H and O–H groups in total. The summed E-state index contributed by atoms with van der Waals surface area (Å²) in [6.45, 7) is 2.17. The Balaban J connectivity index is 1.65. The summed E-state index contributed by atoms with van der Waals surface area (Å²) in [6, 6.07) is 3.62. The maximum Gasteiger partial charge on any atom is 0.254 e. The topological polar surface area (TPSA) is 88.0 Å². The summed E-state index contributed by atoms with van der Waals surface area (Å²) in [6.07, 6.45) is 4.23. The van der Waals surface area contributed by atoms with E-state index in [1.165, 1.54) is 0 Å².